The Morgan fingerprint density at radius 3 is 2.44 bits per heavy atom. The number of nitrogens with one attached hydrogen (secondary N) is 3. The van der Waals surface area contributed by atoms with E-state index in [1.807, 2.05) is 0 Å². The third-order valence-electron chi connectivity index (χ3n) is 1.46. The van der Waals surface area contributed by atoms with Gasteiger partial charge in [0.1, 0.15) is 0 Å². The van der Waals surface area contributed by atoms with Crippen LogP contribution in [-0.2, 0) is 14.9 Å². The normalized spacial score (nSPS) is 11.5. The molecule has 0 atom stereocenters. The first kappa shape index (κ1) is 15.1. The van der Waals surface area contributed by atoms with Crippen molar-refractivity contribution >= 4 is 16.3 Å². The largest absolute Gasteiger partial charge is 0.446 e. The van der Waals surface area contributed by atoms with Crippen molar-refractivity contribution in [1.82, 2.24) is 14.8 Å². The first-order chi connectivity index (χ1) is 7.37. The fraction of sp³-hybridized carbons (Fsp3) is 0.875. The molecule has 0 bridgehead atoms. The molecule has 0 aliphatic heterocycles. The summed E-state index contributed by atoms with van der Waals surface area (Å²) in [5.41, 5.74) is 0. The molecule has 0 aromatic carbocycles. The molecular weight excluding hydrogens is 234 g/mol. The molecule has 0 aromatic rings. The highest BCUT2D eigenvalue weighted by Crippen LogP contribution is 1.89. The summed E-state index contributed by atoms with van der Waals surface area (Å²) in [6.07, 6.45) is -0.702. The molecule has 0 aliphatic carbocycles. The summed E-state index contributed by atoms with van der Waals surface area (Å²) in [6.45, 7) is 4.21. The van der Waals surface area contributed by atoms with Crippen LogP contribution in [0.2, 0.25) is 0 Å². The quantitative estimate of drug-likeness (QED) is 0.535. The topological polar surface area (TPSA) is 96.5 Å². The van der Waals surface area contributed by atoms with Crippen LogP contribution in [0.1, 0.15) is 20.3 Å². The van der Waals surface area contributed by atoms with Crippen LogP contribution in [-0.4, -0.2) is 40.8 Å². The summed E-state index contributed by atoms with van der Waals surface area (Å²) in [5, 5.41) is 2.87. The molecule has 0 aromatic heterocycles. The zero-order valence-corrected chi connectivity index (χ0v) is 10.6. The Labute approximate surface area is 96.1 Å². The van der Waals surface area contributed by atoms with E-state index in [-0.39, 0.29) is 12.6 Å². The number of carbonyl (C=O) groups is 1. The zero-order valence-electron chi connectivity index (χ0n) is 9.74. The lowest BCUT2D eigenvalue weighted by molar-refractivity contribution is 0.121. The minimum absolute atomic E-state index is 0.255. The van der Waals surface area contributed by atoms with E-state index >= 15 is 0 Å². The van der Waals surface area contributed by atoms with Crippen LogP contribution < -0.4 is 14.8 Å². The Kier molecular flexibility index (Phi) is 7.02. The van der Waals surface area contributed by atoms with E-state index in [1.165, 1.54) is 0 Å². The SMILES string of the molecule is CNCCCNS(=O)(=O)NC(=O)OC(C)C. The van der Waals surface area contributed by atoms with E-state index < -0.39 is 16.3 Å². The molecule has 3 N–H and O–H groups in total. The summed E-state index contributed by atoms with van der Waals surface area (Å²) in [5.74, 6) is 0. The maximum absolute atomic E-state index is 11.2. The van der Waals surface area contributed by atoms with Crippen LogP contribution in [0.4, 0.5) is 4.79 Å². The predicted molar refractivity (Wildman–Crippen MR) is 60.2 cm³/mol. The van der Waals surface area contributed by atoms with Gasteiger partial charge in [0.2, 0.25) is 0 Å². The average Bonchev–Trinajstić information content (AvgIpc) is 2.10. The van der Waals surface area contributed by atoms with Gasteiger partial charge in [0.25, 0.3) is 0 Å². The van der Waals surface area contributed by atoms with Crippen LogP contribution in [0.5, 0.6) is 0 Å². The van der Waals surface area contributed by atoms with E-state index in [0.29, 0.717) is 13.0 Å². The Morgan fingerprint density at radius 2 is 1.94 bits per heavy atom. The minimum atomic E-state index is -3.81. The Bertz CT molecular complexity index is 302. The number of ether oxygens (including phenoxy) is 1. The molecular formula is C8H19N3O4S. The third kappa shape index (κ3) is 8.45. The van der Waals surface area contributed by atoms with Gasteiger partial charge < -0.3 is 10.1 Å². The lowest BCUT2D eigenvalue weighted by atomic mass is 10.4. The fourth-order valence-corrected chi connectivity index (χ4v) is 1.61. The van der Waals surface area contributed by atoms with Crippen LogP contribution in [0, 0.1) is 0 Å². The van der Waals surface area contributed by atoms with Gasteiger partial charge in [-0.05, 0) is 33.9 Å². The minimum Gasteiger partial charge on any atom is -0.446 e. The van der Waals surface area contributed by atoms with Gasteiger partial charge in [0, 0.05) is 6.54 Å². The highest BCUT2D eigenvalue weighted by atomic mass is 32.2. The molecule has 16 heavy (non-hydrogen) atoms. The highest BCUT2D eigenvalue weighted by Gasteiger charge is 2.15. The van der Waals surface area contributed by atoms with Crippen molar-refractivity contribution in [2.24, 2.45) is 0 Å². The van der Waals surface area contributed by atoms with Crippen LogP contribution >= 0.6 is 0 Å². The number of carbonyl (C=O) groups excluding carboxylic acids is 1. The van der Waals surface area contributed by atoms with Crippen LogP contribution in [0.15, 0.2) is 0 Å². The molecule has 8 heteroatoms. The van der Waals surface area contributed by atoms with E-state index in [4.69, 9.17) is 0 Å². The summed E-state index contributed by atoms with van der Waals surface area (Å²) >= 11 is 0. The standard InChI is InChI=1S/C8H19N3O4S/c1-7(2)15-8(12)11-16(13,14)10-6-4-5-9-3/h7,9-10H,4-6H2,1-3H3,(H,11,12). The second-order valence-corrected chi connectivity index (χ2v) is 4.91. The van der Waals surface area contributed by atoms with E-state index in [1.54, 1.807) is 25.6 Å². The lowest BCUT2D eigenvalue weighted by Crippen LogP contribution is -2.41. The van der Waals surface area contributed by atoms with Gasteiger partial charge in [-0.3, -0.25) is 0 Å². The molecule has 0 heterocycles. The average molecular weight is 253 g/mol. The second kappa shape index (κ2) is 7.42. The Hall–Kier alpha value is -0.860. The monoisotopic (exact) mass is 253 g/mol. The van der Waals surface area contributed by atoms with Crippen molar-refractivity contribution in [2.45, 2.75) is 26.4 Å². The van der Waals surface area contributed by atoms with Gasteiger partial charge in [-0.1, -0.05) is 0 Å². The molecule has 1 amide bonds. The van der Waals surface area contributed by atoms with Crippen molar-refractivity contribution in [3.8, 4) is 0 Å². The van der Waals surface area contributed by atoms with Crippen molar-refractivity contribution in [1.29, 1.82) is 0 Å². The molecule has 0 rings (SSSR count). The first-order valence-electron chi connectivity index (χ1n) is 5.00. The maximum Gasteiger partial charge on any atom is 0.422 e. The van der Waals surface area contributed by atoms with Crippen LogP contribution in [0.25, 0.3) is 0 Å². The summed E-state index contributed by atoms with van der Waals surface area (Å²) in [7, 11) is -2.04. The zero-order chi connectivity index (χ0) is 12.6. The molecule has 7 nitrogen and oxygen atoms in total. The summed E-state index contributed by atoms with van der Waals surface area (Å²) < 4.78 is 31.1. The Balaban J connectivity index is 3.91. The number of hydrogen-bond donors (Lipinski definition) is 3. The van der Waals surface area contributed by atoms with E-state index in [2.05, 4.69) is 14.8 Å². The van der Waals surface area contributed by atoms with Crippen LogP contribution in [0.3, 0.4) is 0 Å². The van der Waals surface area contributed by atoms with Crippen molar-refractivity contribution in [3.63, 3.8) is 0 Å². The van der Waals surface area contributed by atoms with Gasteiger partial charge in [-0.2, -0.15) is 13.1 Å². The molecule has 0 saturated carbocycles. The molecule has 0 unspecified atom stereocenters. The summed E-state index contributed by atoms with van der Waals surface area (Å²) in [6, 6.07) is 0. The van der Waals surface area contributed by atoms with Gasteiger partial charge in [0.15, 0.2) is 0 Å². The summed E-state index contributed by atoms with van der Waals surface area (Å²) in [4.78, 5) is 11.0. The number of amides is 1. The van der Waals surface area contributed by atoms with E-state index in [9.17, 15) is 13.2 Å². The highest BCUT2D eigenvalue weighted by molar-refractivity contribution is 7.88. The van der Waals surface area contributed by atoms with Gasteiger partial charge in [-0.15, -0.1) is 0 Å². The fourth-order valence-electron chi connectivity index (χ4n) is 0.856. The second-order valence-electron chi connectivity index (χ2n) is 3.41. The lowest BCUT2D eigenvalue weighted by Gasteiger charge is -2.10. The van der Waals surface area contributed by atoms with Gasteiger partial charge in [0.05, 0.1) is 6.10 Å². The van der Waals surface area contributed by atoms with Crippen molar-refractivity contribution in [3.05, 3.63) is 0 Å². The van der Waals surface area contributed by atoms with Crippen molar-refractivity contribution < 1.29 is 17.9 Å². The molecule has 0 spiro atoms. The molecule has 0 aliphatic rings. The number of rotatable bonds is 7. The first-order valence-corrected chi connectivity index (χ1v) is 6.48. The molecule has 0 fully saturated rings. The van der Waals surface area contributed by atoms with Crippen molar-refractivity contribution in [2.75, 3.05) is 20.1 Å². The third-order valence-corrected chi connectivity index (χ3v) is 2.48. The molecule has 0 radical (unpaired) electrons. The Morgan fingerprint density at radius 1 is 1.31 bits per heavy atom. The maximum atomic E-state index is 11.2. The van der Waals surface area contributed by atoms with E-state index in [0.717, 1.165) is 0 Å². The van der Waals surface area contributed by atoms with Gasteiger partial charge >= 0.3 is 16.3 Å². The smallest absolute Gasteiger partial charge is 0.422 e. The van der Waals surface area contributed by atoms with Gasteiger partial charge in [-0.25, -0.2) is 9.52 Å². The number of hydrogen-bond acceptors (Lipinski definition) is 5. The molecule has 96 valence electrons. The molecule has 0 saturated heterocycles. The predicted octanol–water partition coefficient (Wildman–Crippen LogP) is -0.435.